The standard InChI is InChI=1S/C21H26F2/c1-3-15-4-6-16(7-5-15)19-10-8-17(12-14(19)2)18-9-11-20(22)21(23)13-18/h8-16,19H,3-7H2,1-2H3. The van der Waals surface area contributed by atoms with Crippen molar-refractivity contribution in [3.63, 3.8) is 0 Å². The Bertz CT molecular complexity index is 606. The van der Waals surface area contributed by atoms with E-state index in [1.165, 1.54) is 44.2 Å². The molecular formula is C21H26F2. The van der Waals surface area contributed by atoms with Crippen LogP contribution in [0.3, 0.4) is 0 Å². The van der Waals surface area contributed by atoms with E-state index in [1.807, 2.05) is 0 Å². The van der Waals surface area contributed by atoms with E-state index < -0.39 is 11.6 Å². The monoisotopic (exact) mass is 316 g/mol. The molecule has 23 heavy (non-hydrogen) atoms. The van der Waals surface area contributed by atoms with Crippen molar-refractivity contribution in [3.8, 4) is 0 Å². The number of hydrogen-bond acceptors (Lipinski definition) is 0. The maximum atomic E-state index is 13.4. The molecule has 0 radical (unpaired) electrons. The Balaban J connectivity index is 1.70. The number of benzene rings is 1. The summed E-state index contributed by atoms with van der Waals surface area (Å²) in [5, 5.41) is 0. The van der Waals surface area contributed by atoms with Gasteiger partial charge in [-0.25, -0.2) is 8.78 Å². The third-order valence-electron chi connectivity index (χ3n) is 5.81. The molecular weight excluding hydrogens is 290 g/mol. The molecule has 2 aliphatic carbocycles. The van der Waals surface area contributed by atoms with Crippen molar-refractivity contribution in [2.75, 3.05) is 0 Å². The molecule has 2 aliphatic rings. The lowest BCUT2D eigenvalue weighted by atomic mass is 9.69. The first-order valence-electron chi connectivity index (χ1n) is 8.94. The van der Waals surface area contributed by atoms with Gasteiger partial charge in [-0.15, -0.1) is 0 Å². The average Bonchev–Trinajstić information content (AvgIpc) is 2.57. The maximum Gasteiger partial charge on any atom is 0.159 e. The Morgan fingerprint density at radius 1 is 1.04 bits per heavy atom. The number of allylic oxidation sites excluding steroid dienone is 4. The van der Waals surface area contributed by atoms with Crippen LogP contribution in [-0.2, 0) is 0 Å². The molecule has 124 valence electrons. The van der Waals surface area contributed by atoms with Crippen LogP contribution in [0.5, 0.6) is 0 Å². The van der Waals surface area contributed by atoms with E-state index in [1.54, 1.807) is 6.07 Å². The van der Waals surface area contributed by atoms with Crippen molar-refractivity contribution in [1.82, 2.24) is 0 Å². The van der Waals surface area contributed by atoms with Crippen molar-refractivity contribution in [3.05, 3.63) is 53.6 Å². The first kappa shape index (κ1) is 16.4. The van der Waals surface area contributed by atoms with Gasteiger partial charge in [0.2, 0.25) is 0 Å². The van der Waals surface area contributed by atoms with Crippen molar-refractivity contribution >= 4 is 5.57 Å². The molecule has 1 fully saturated rings. The van der Waals surface area contributed by atoms with Crippen LogP contribution in [0.15, 0.2) is 36.4 Å². The predicted octanol–water partition coefficient (Wildman–Crippen LogP) is 6.39. The van der Waals surface area contributed by atoms with Crippen molar-refractivity contribution in [2.45, 2.75) is 46.0 Å². The van der Waals surface area contributed by atoms with Gasteiger partial charge in [0.25, 0.3) is 0 Å². The number of hydrogen-bond donors (Lipinski definition) is 0. The van der Waals surface area contributed by atoms with Gasteiger partial charge in [0.05, 0.1) is 0 Å². The Morgan fingerprint density at radius 3 is 2.39 bits per heavy atom. The van der Waals surface area contributed by atoms with Crippen LogP contribution in [0.1, 0.15) is 51.5 Å². The van der Waals surface area contributed by atoms with E-state index >= 15 is 0 Å². The summed E-state index contributed by atoms with van der Waals surface area (Å²) in [6, 6.07) is 4.17. The molecule has 0 spiro atoms. The van der Waals surface area contributed by atoms with Crippen molar-refractivity contribution in [2.24, 2.45) is 23.7 Å². The minimum absolute atomic E-state index is 0.450. The molecule has 0 aromatic heterocycles. The molecule has 2 heteroatoms. The summed E-state index contributed by atoms with van der Waals surface area (Å²) in [7, 11) is 0. The smallest absolute Gasteiger partial charge is 0.159 e. The summed E-state index contributed by atoms with van der Waals surface area (Å²) in [5.74, 6) is 1.17. The van der Waals surface area contributed by atoms with Gasteiger partial charge in [-0.1, -0.05) is 57.4 Å². The Hall–Kier alpha value is -1.44. The van der Waals surface area contributed by atoms with Crippen LogP contribution in [0.2, 0.25) is 0 Å². The minimum atomic E-state index is -0.784. The third-order valence-corrected chi connectivity index (χ3v) is 5.81. The van der Waals surface area contributed by atoms with Crippen LogP contribution in [-0.4, -0.2) is 0 Å². The summed E-state index contributed by atoms with van der Waals surface area (Å²) in [5.41, 5.74) is 1.77. The molecule has 1 aromatic carbocycles. The van der Waals surface area contributed by atoms with Gasteiger partial charge in [0.1, 0.15) is 0 Å². The zero-order valence-corrected chi connectivity index (χ0v) is 14.1. The van der Waals surface area contributed by atoms with Gasteiger partial charge in [-0.05, 0) is 59.8 Å². The summed E-state index contributed by atoms with van der Waals surface area (Å²) in [6.45, 7) is 4.55. The van der Waals surface area contributed by atoms with E-state index in [-0.39, 0.29) is 0 Å². The lowest BCUT2D eigenvalue weighted by molar-refractivity contribution is 0.203. The highest BCUT2D eigenvalue weighted by molar-refractivity contribution is 5.75. The second-order valence-corrected chi connectivity index (χ2v) is 7.24. The van der Waals surface area contributed by atoms with Crippen LogP contribution in [0.25, 0.3) is 5.57 Å². The van der Waals surface area contributed by atoms with E-state index in [0.29, 0.717) is 11.8 Å². The molecule has 0 saturated heterocycles. The minimum Gasteiger partial charge on any atom is -0.204 e. The van der Waals surface area contributed by atoms with Gasteiger partial charge in [0, 0.05) is 0 Å². The van der Waals surface area contributed by atoms with Crippen LogP contribution < -0.4 is 0 Å². The van der Waals surface area contributed by atoms with E-state index in [9.17, 15) is 8.78 Å². The fourth-order valence-electron chi connectivity index (χ4n) is 4.28. The quantitative estimate of drug-likeness (QED) is 0.606. The summed E-state index contributed by atoms with van der Waals surface area (Å²) in [6.07, 6.45) is 13.3. The second kappa shape index (κ2) is 6.98. The highest BCUT2D eigenvalue weighted by atomic mass is 19.2. The molecule has 3 rings (SSSR count). The Morgan fingerprint density at radius 2 is 1.78 bits per heavy atom. The van der Waals surface area contributed by atoms with Crippen LogP contribution >= 0.6 is 0 Å². The van der Waals surface area contributed by atoms with Gasteiger partial charge < -0.3 is 0 Å². The van der Waals surface area contributed by atoms with E-state index in [0.717, 1.165) is 23.0 Å². The van der Waals surface area contributed by atoms with Gasteiger partial charge in [0.15, 0.2) is 11.6 Å². The van der Waals surface area contributed by atoms with Crippen molar-refractivity contribution in [1.29, 1.82) is 0 Å². The third kappa shape index (κ3) is 3.57. The first-order valence-corrected chi connectivity index (χ1v) is 8.94. The summed E-state index contributed by atoms with van der Waals surface area (Å²) in [4.78, 5) is 0. The summed E-state index contributed by atoms with van der Waals surface area (Å²) < 4.78 is 26.5. The Labute approximate surface area is 138 Å². The average molecular weight is 316 g/mol. The van der Waals surface area contributed by atoms with Crippen LogP contribution in [0, 0.1) is 35.3 Å². The molecule has 0 nitrogen and oxygen atoms in total. The molecule has 0 bridgehead atoms. The fraction of sp³-hybridized carbons (Fsp3) is 0.524. The highest BCUT2D eigenvalue weighted by Gasteiger charge is 2.29. The van der Waals surface area contributed by atoms with Gasteiger partial charge in [-0.3, -0.25) is 0 Å². The van der Waals surface area contributed by atoms with E-state index in [2.05, 4.69) is 32.1 Å². The Kier molecular flexibility index (Phi) is 4.99. The zero-order chi connectivity index (χ0) is 16.4. The highest BCUT2D eigenvalue weighted by Crippen LogP contribution is 2.41. The molecule has 0 amide bonds. The molecule has 1 aromatic rings. The second-order valence-electron chi connectivity index (χ2n) is 7.24. The first-order chi connectivity index (χ1) is 11.1. The topological polar surface area (TPSA) is 0 Å². The zero-order valence-electron chi connectivity index (χ0n) is 14.1. The van der Waals surface area contributed by atoms with Gasteiger partial charge in [-0.2, -0.15) is 0 Å². The fourth-order valence-corrected chi connectivity index (χ4v) is 4.28. The lowest BCUT2D eigenvalue weighted by Gasteiger charge is -2.36. The molecule has 0 aliphatic heterocycles. The maximum absolute atomic E-state index is 13.4. The molecule has 0 heterocycles. The molecule has 2 atom stereocenters. The number of halogens is 2. The summed E-state index contributed by atoms with van der Waals surface area (Å²) >= 11 is 0. The van der Waals surface area contributed by atoms with Crippen LogP contribution in [0.4, 0.5) is 8.78 Å². The molecule has 1 saturated carbocycles. The SMILES string of the molecule is CCC1CCC(C2C=CC(c3ccc(F)c(F)c3)=CC2C)CC1. The predicted molar refractivity (Wildman–Crippen MR) is 91.9 cm³/mol. The van der Waals surface area contributed by atoms with E-state index in [4.69, 9.17) is 0 Å². The largest absolute Gasteiger partial charge is 0.204 e. The molecule has 2 unspecified atom stereocenters. The number of rotatable bonds is 3. The molecule has 0 N–H and O–H groups in total. The van der Waals surface area contributed by atoms with Gasteiger partial charge >= 0.3 is 0 Å². The normalized spacial score (nSPS) is 31.0. The van der Waals surface area contributed by atoms with Crippen molar-refractivity contribution < 1.29 is 8.78 Å². The lowest BCUT2D eigenvalue weighted by Crippen LogP contribution is -2.25.